The van der Waals surface area contributed by atoms with Crippen LogP contribution >= 0.6 is 0 Å². The molecule has 1 N–H and O–H groups in total. The summed E-state index contributed by atoms with van der Waals surface area (Å²) in [5.74, 6) is -4.11. The maximum atomic E-state index is 14.1. The van der Waals surface area contributed by atoms with E-state index in [9.17, 15) is 18.8 Å². The third-order valence-electron chi connectivity index (χ3n) is 5.51. The molecule has 1 heterocycles. The summed E-state index contributed by atoms with van der Waals surface area (Å²) in [5.41, 5.74) is 2.19. The molecule has 1 aliphatic carbocycles. The molecule has 0 bridgehead atoms. The van der Waals surface area contributed by atoms with E-state index < -0.39 is 35.4 Å². The second-order valence-electron chi connectivity index (χ2n) is 7.54. The van der Waals surface area contributed by atoms with Gasteiger partial charge in [0.25, 0.3) is 0 Å². The van der Waals surface area contributed by atoms with Crippen LogP contribution in [0.3, 0.4) is 0 Å². The summed E-state index contributed by atoms with van der Waals surface area (Å²) in [7, 11) is 0. The molecule has 0 unspecified atom stereocenters. The fourth-order valence-corrected chi connectivity index (χ4v) is 4.28. The summed E-state index contributed by atoms with van der Waals surface area (Å²) in [6.45, 7) is 7.25. The monoisotopic (exact) mass is 415 g/mol. The minimum Gasteiger partial charge on any atom is -0.465 e. The number of allylic oxidation sites excluding steroid dienone is 3. The third kappa shape index (κ3) is 3.88. The Morgan fingerprint density at radius 1 is 1.20 bits per heavy atom. The Kier molecular flexibility index (Phi) is 6.39. The van der Waals surface area contributed by atoms with Crippen molar-refractivity contribution in [3.63, 3.8) is 0 Å². The zero-order valence-corrected chi connectivity index (χ0v) is 17.6. The summed E-state index contributed by atoms with van der Waals surface area (Å²) in [6, 6.07) is 5.80. The molecule has 30 heavy (non-hydrogen) atoms. The number of carbonyl (C=O) groups excluding carboxylic acids is 3. The fraction of sp³-hybridized carbons (Fsp3) is 0.435. The normalized spacial score (nSPS) is 23.6. The van der Waals surface area contributed by atoms with Gasteiger partial charge in [-0.2, -0.15) is 0 Å². The number of benzene rings is 1. The average Bonchev–Trinajstić information content (AvgIpc) is 2.67. The molecule has 3 atom stereocenters. The van der Waals surface area contributed by atoms with Crippen molar-refractivity contribution in [1.29, 1.82) is 0 Å². The van der Waals surface area contributed by atoms with Gasteiger partial charge in [0, 0.05) is 22.9 Å². The van der Waals surface area contributed by atoms with E-state index >= 15 is 0 Å². The van der Waals surface area contributed by atoms with E-state index in [1.807, 2.05) is 6.92 Å². The van der Waals surface area contributed by atoms with Crippen molar-refractivity contribution in [1.82, 2.24) is 5.32 Å². The van der Waals surface area contributed by atoms with Crippen LogP contribution in [-0.2, 0) is 23.9 Å². The van der Waals surface area contributed by atoms with Crippen LogP contribution in [0.4, 0.5) is 4.39 Å². The smallest absolute Gasteiger partial charge is 0.336 e. The topological polar surface area (TPSA) is 81.7 Å². The minimum atomic E-state index is -0.969. The first kappa shape index (κ1) is 21.7. The SMILES string of the molecule is CCOC(=O)C1=C(C)NC2=C(C(=O)[C@@H](C(=O)OCC)[C@@H](C)C2)[C@@H]1c1cccc(F)c1. The number of Topliss-reactive ketones (excluding diaryl/α,β-unsaturated/α-hetero) is 1. The van der Waals surface area contributed by atoms with E-state index in [4.69, 9.17) is 9.47 Å². The van der Waals surface area contributed by atoms with E-state index in [0.29, 0.717) is 29.0 Å². The predicted octanol–water partition coefficient (Wildman–Crippen LogP) is 3.39. The van der Waals surface area contributed by atoms with Crippen LogP contribution in [0, 0.1) is 17.7 Å². The number of ketones is 1. The van der Waals surface area contributed by atoms with E-state index in [1.165, 1.54) is 18.2 Å². The Hall–Kier alpha value is -2.96. The summed E-state index contributed by atoms with van der Waals surface area (Å²) in [5, 5.41) is 3.17. The average molecular weight is 415 g/mol. The largest absolute Gasteiger partial charge is 0.465 e. The molecular formula is C23H26FNO5. The summed E-state index contributed by atoms with van der Waals surface area (Å²) < 4.78 is 24.4. The Morgan fingerprint density at radius 2 is 1.90 bits per heavy atom. The molecule has 6 nitrogen and oxygen atoms in total. The lowest BCUT2D eigenvalue weighted by atomic mass is 9.69. The summed E-state index contributed by atoms with van der Waals surface area (Å²) >= 11 is 0. The molecule has 0 radical (unpaired) electrons. The second kappa shape index (κ2) is 8.81. The molecule has 3 rings (SSSR count). The molecular weight excluding hydrogens is 389 g/mol. The zero-order chi connectivity index (χ0) is 22.0. The van der Waals surface area contributed by atoms with Gasteiger partial charge in [-0.05, 0) is 50.8 Å². The molecule has 1 aliphatic heterocycles. The van der Waals surface area contributed by atoms with E-state index in [-0.39, 0.29) is 24.7 Å². The number of carbonyl (C=O) groups is 3. The van der Waals surface area contributed by atoms with Crippen molar-refractivity contribution < 1.29 is 28.2 Å². The molecule has 0 amide bonds. The van der Waals surface area contributed by atoms with Crippen LogP contribution < -0.4 is 5.32 Å². The van der Waals surface area contributed by atoms with Gasteiger partial charge in [-0.1, -0.05) is 19.1 Å². The van der Waals surface area contributed by atoms with Crippen LogP contribution in [0.25, 0.3) is 0 Å². The van der Waals surface area contributed by atoms with Crippen LogP contribution in [0.15, 0.2) is 46.8 Å². The van der Waals surface area contributed by atoms with E-state index in [0.717, 1.165) is 0 Å². The van der Waals surface area contributed by atoms with Gasteiger partial charge in [0.2, 0.25) is 0 Å². The first-order valence-corrected chi connectivity index (χ1v) is 10.1. The first-order chi connectivity index (χ1) is 14.3. The number of ether oxygens (including phenoxy) is 2. The standard InChI is InChI=1S/C23H26FNO5/c1-5-29-22(27)17-12(3)10-16-20(21(17)26)19(14-8-7-9-15(24)11-14)18(13(4)25-16)23(28)30-6-2/h7-9,11-12,17,19,25H,5-6,10H2,1-4H3/t12-,17-,19+/m0/s1. The number of rotatable bonds is 5. The van der Waals surface area contributed by atoms with Crippen molar-refractivity contribution in [3.8, 4) is 0 Å². The van der Waals surface area contributed by atoms with Crippen LogP contribution in [0.1, 0.15) is 45.6 Å². The van der Waals surface area contributed by atoms with E-state index in [2.05, 4.69) is 5.32 Å². The van der Waals surface area contributed by atoms with Crippen molar-refractivity contribution in [3.05, 3.63) is 58.2 Å². The van der Waals surface area contributed by atoms with Crippen molar-refractivity contribution in [2.45, 2.75) is 40.0 Å². The number of hydrogen-bond acceptors (Lipinski definition) is 6. The molecule has 2 aliphatic rings. The van der Waals surface area contributed by atoms with Crippen molar-refractivity contribution >= 4 is 17.7 Å². The van der Waals surface area contributed by atoms with Crippen LogP contribution in [0.2, 0.25) is 0 Å². The lowest BCUT2D eigenvalue weighted by Crippen LogP contribution is -2.43. The molecule has 160 valence electrons. The van der Waals surface area contributed by atoms with Gasteiger partial charge in [0.1, 0.15) is 11.7 Å². The van der Waals surface area contributed by atoms with Gasteiger partial charge < -0.3 is 14.8 Å². The lowest BCUT2D eigenvalue weighted by molar-refractivity contribution is -0.153. The number of hydrogen-bond donors (Lipinski definition) is 1. The quantitative estimate of drug-likeness (QED) is 0.586. The van der Waals surface area contributed by atoms with Gasteiger partial charge in [-0.25, -0.2) is 9.18 Å². The first-order valence-electron chi connectivity index (χ1n) is 10.1. The molecule has 0 aromatic heterocycles. The number of nitrogens with one attached hydrogen (secondary N) is 1. The van der Waals surface area contributed by atoms with Gasteiger partial charge >= 0.3 is 11.9 Å². The molecule has 7 heteroatoms. The second-order valence-corrected chi connectivity index (χ2v) is 7.54. The third-order valence-corrected chi connectivity index (χ3v) is 5.51. The number of dihydropyridines is 1. The fourth-order valence-electron chi connectivity index (χ4n) is 4.28. The Morgan fingerprint density at radius 3 is 2.53 bits per heavy atom. The maximum absolute atomic E-state index is 14.1. The Balaban J connectivity index is 2.17. The van der Waals surface area contributed by atoms with Crippen molar-refractivity contribution in [2.75, 3.05) is 13.2 Å². The highest BCUT2D eigenvalue weighted by Crippen LogP contribution is 2.45. The van der Waals surface area contributed by atoms with E-state index in [1.54, 1.807) is 26.8 Å². The number of halogens is 1. The molecule has 0 saturated carbocycles. The minimum absolute atomic E-state index is 0.161. The highest BCUT2D eigenvalue weighted by molar-refractivity contribution is 6.12. The summed E-state index contributed by atoms with van der Waals surface area (Å²) in [4.78, 5) is 38.8. The molecule has 0 saturated heterocycles. The Labute approximate surface area is 175 Å². The molecule has 1 aromatic carbocycles. The van der Waals surface area contributed by atoms with Crippen molar-refractivity contribution in [2.24, 2.45) is 11.8 Å². The van der Waals surface area contributed by atoms with Crippen LogP contribution in [0.5, 0.6) is 0 Å². The maximum Gasteiger partial charge on any atom is 0.336 e. The van der Waals surface area contributed by atoms with Crippen LogP contribution in [-0.4, -0.2) is 30.9 Å². The molecule has 0 spiro atoms. The number of esters is 2. The van der Waals surface area contributed by atoms with Gasteiger partial charge in [-0.3, -0.25) is 9.59 Å². The predicted molar refractivity (Wildman–Crippen MR) is 108 cm³/mol. The highest BCUT2D eigenvalue weighted by Gasteiger charge is 2.47. The molecule has 1 aromatic rings. The highest BCUT2D eigenvalue weighted by atomic mass is 19.1. The summed E-state index contributed by atoms with van der Waals surface area (Å²) in [6.07, 6.45) is 0.434. The van der Waals surface area contributed by atoms with Gasteiger partial charge in [0.15, 0.2) is 5.78 Å². The zero-order valence-electron chi connectivity index (χ0n) is 17.6. The molecule has 0 fully saturated rings. The van der Waals surface area contributed by atoms with Gasteiger partial charge in [-0.15, -0.1) is 0 Å². The Bertz CT molecular complexity index is 949. The van der Waals surface area contributed by atoms with Gasteiger partial charge in [0.05, 0.1) is 18.8 Å². The lowest BCUT2D eigenvalue weighted by Gasteiger charge is -2.38.